The van der Waals surface area contributed by atoms with Gasteiger partial charge in [0.05, 0.1) is 39.6 Å². The molecule has 5 rings (SSSR count). The van der Waals surface area contributed by atoms with Crippen LogP contribution in [0.5, 0.6) is 17.2 Å². The Morgan fingerprint density at radius 2 is 1.82 bits per heavy atom. The van der Waals surface area contributed by atoms with Crippen LogP contribution in [0.2, 0.25) is 5.02 Å². The molecule has 0 bridgehead atoms. The first-order valence-corrected chi connectivity index (χ1v) is 14.7. The molecule has 1 atom stereocenters. The van der Waals surface area contributed by atoms with E-state index in [9.17, 15) is 14.4 Å². The van der Waals surface area contributed by atoms with Crippen molar-refractivity contribution in [1.29, 1.82) is 0 Å². The van der Waals surface area contributed by atoms with Crippen LogP contribution in [0.15, 0.2) is 53.5 Å². The van der Waals surface area contributed by atoms with E-state index >= 15 is 0 Å². The number of aromatic amines is 1. The maximum absolute atomic E-state index is 13.5. The van der Waals surface area contributed by atoms with E-state index in [-0.39, 0.29) is 29.5 Å². The highest BCUT2D eigenvalue weighted by molar-refractivity contribution is 6.31. The van der Waals surface area contributed by atoms with E-state index in [1.165, 1.54) is 20.1 Å². The highest BCUT2D eigenvalue weighted by Gasteiger charge is 2.29. The van der Waals surface area contributed by atoms with Crippen molar-refractivity contribution in [2.75, 3.05) is 39.7 Å². The molecule has 0 fully saturated rings. The van der Waals surface area contributed by atoms with Gasteiger partial charge in [0.15, 0.2) is 11.5 Å². The van der Waals surface area contributed by atoms with Gasteiger partial charge in [-0.25, -0.2) is 0 Å². The van der Waals surface area contributed by atoms with E-state index in [0.29, 0.717) is 59.2 Å². The summed E-state index contributed by atoms with van der Waals surface area (Å²) in [5.41, 5.74) is 5.01. The topological polar surface area (TPSA) is 131 Å². The third-order valence-corrected chi connectivity index (χ3v) is 8.04. The second kappa shape index (κ2) is 13.3. The molecule has 44 heavy (non-hydrogen) atoms. The Kier molecular flexibility index (Phi) is 9.29. The maximum Gasteiger partial charge on any atom is 0.239 e. The van der Waals surface area contributed by atoms with Gasteiger partial charge in [0.25, 0.3) is 0 Å². The van der Waals surface area contributed by atoms with Crippen LogP contribution in [0.4, 0.5) is 5.69 Å². The molecule has 1 aliphatic carbocycles. The van der Waals surface area contributed by atoms with Gasteiger partial charge in [-0.1, -0.05) is 17.7 Å². The Bertz CT molecular complexity index is 1790. The molecule has 0 spiro atoms. The van der Waals surface area contributed by atoms with E-state index in [4.69, 9.17) is 25.8 Å². The fraction of sp³-hybridized carbons (Fsp3) is 0.303. The highest BCUT2D eigenvalue weighted by atomic mass is 35.5. The molecule has 3 aromatic carbocycles. The molecule has 1 heterocycles. The summed E-state index contributed by atoms with van der Waals surface area (Å²) < 4.78 is 17.0. The lowest BCUT2D eigenvalue weighted by molar-refractivity contribution is -0.120. The molecule has 1 aliphatic rings. The van der Waals surface area contributed by atoms with E-state index in [2.05, 4.69) is 20.9 Å². The van der Waals surface area contributed by atoms with Crippen LogP contribution in [0.3, 0.4) is 0 Å². The van der Waals surface area contributed by atoms with Gasteiger partial charge in [-0.15, -0.1) is 0 Å². The predicted molar refractivity (Wildman–Crippen MR) is 171 cm³/mol. The lowest BCUT2D eigenvalue weighted by Gasteiger charge is -2.19. The number of hydrogen-bond acceptors (Lipinski definition) is 7. The van der Waals surface area contributed by atoms with Crippen LogP contribution in [-0.4, -0.2) is 51.2 Å². The van der Waals surface area contributed by atoms with E-state index in [1.807, 2.05) is 36.5 Å². The fourth-order valence-corrected chi connectivity index (χ4v) is 5.96. The second-order valence-corrected chi connectivity index (χ2v) is 11.0. The molecule has 230 valence electrons. The lowest BCUT2D eigenvalue weighted by atomic mass is 9.95. The van der Waals surface area contributed by atoms with Crippen LogP contribution in [0, 0.1) is 0 Å². The summed E-state index contributed by atoms with van der Waals surface area (Å²) in [6, 6.07) is 12.1. The predicted octanol–water partition coefficient (Wildman–Crippen LogP) is 4.77. The van der Waals surface area contributed by atoms with Crippen molar-refractivity contribution >= 4 is 40.0 Å². The summed E-state index contributed by atoms with van der Waals surface area (Å²) in [7, 11) is 4.65. The zero-order valence-corrected chi connectivity index (χ0v) is 25.8. The number of aryl methyl sites for hydroxylation is 1. The van der Waals surface area contributed by atoms with E-state index in [0.717, 1.165) is 27.6 Å². The largest absolute Gasteiger partial charge is 0.493 e. The number of hydrogen-bond donors (Lipinski definition) is 4. The zero-order valence-electron chi connectivity index (χ0n) is 25.1. The first-order chi connectivity index (χ1) is 21.2. The number of anilines is 1. The molecule has 11 heteroatoms. The SMILES string of the molecule is COc1cc2c(c(OC)c1OC)-c1ccc(NCC(=O)NCCc3c[nH]c4ccc(Cl)cc34)c(=O)cc1C(NC(C)=O)CC2. The molecule has 0 saturated carbocycles. The number of rotatable bonds is 10. The van der Waals surface area contributed by atoms with Crippen LogP contribution in [-0.2, 0) is 22.4 Å². The van der Waals surface area contributed by atoms with Crippen LogP contribution < -0.4 is 35.6 Å². The Morgan fingerprint density at radius 3 is 2.55 bits per heavy atom. The fourth-order valence-electron chi connectivity index (χ4n) is 5.79. The number of carbonyl (C=O) groups excluding carboxylic acids is 2. The summed E-state index contributed by atoms with van der Waals surface area (Å²) in [5, 5.41) is 10.6. The van der Waals surface area contributed by atoms with Gasteiger partial charge in [-0.3, -0.25) is 14.4 Å². The molecule has 4 N–H and O–H groups in total. The molecule has 4 aromatic rings. The number of benzene rings is 2. The number of halogens is 1. The van der Waals surface area contributed by atoms with Crippen molar-refractivity contribution in [2.45, 2.75) is 32.2 Å². The minimum Gasteiger partial charge on any atom is -0.493 e. The van der Waals surface area contributed by atoms with Gasteiger partial charge in [0.2, 0.25) is 23.0 Å². The third kappa shape index (κ3) is 6.30. The van der Waals surface area contributed by atoms with Gasteiger partial charge >= 0.3 is 0 Å². The van der Waals surface area contributed by atoms with Gasteiger partial charge < -0.3 is 35.1 Å². The monoisotopic (exact) mass is 618 g/mol. The smallest absolute Gasteiger partial charge is 0.239 e. The quantitative estimate of drug-likeness (QED) is 0.201. The van der Waals surface area contributed by atoms with Crippen molar-refractivity contribution in [3.63, 3.8) is 0 Å². The summed E-state index contributed by atoms with van der Waals surface area (Å²) >= 11 is 6.15. The average Bonchev–Trinajstić information content (AvgIpc) is 3.25. The summed E-state index contributed by atoms with van der Waals surface area (Å²) in [4.78, 5) is 41.5. The molecule has 1 aromatic heterocycles. The summed E-state index contributed by atoms with van der Waals surface area (Å²) in [6.07, 6.45) is 3.68. The number of amides is 2. The van der Waals surface area contributed by atoms with E-state index in [1.54, 1.807) is 20.3 Å². The Hall–Kier alpha value is -4.70. The van der Waals surface area contributed by atoms with Crippen LogP contribution >= 0.6 is 11.6 Å². The first kappa shape index (κ1) is 30.7. The maximum atomic E-state index is 13.5. The van der Waals surface area contributed by atoms with Crippen molar-refractivity contribution in [2.24, 2.45) is 0 Å². The third-order valence-electron chi connectivity index (χ3n) is 7.80. The molecule has 10 nitrogen and oxygen atoms in total. The minimum absolute atomic E-state index is 0.0936. The molecule has 0 saturated heterocycles. The Balaban J connectivity index is 1.40. The molecule has 1 unspecified atom stereocenters. The molecule has 0 radical (unpaired) electrons. The minimum atomic E-state index is -0.424. The normalized spacial score (nSPS) is 13.7. The van der Waals surface area contributed by atoms with Crippen molar-refractivity contribution in [3.05, 3.63) is 80.6 Å². The van der Waals surface area contributed by atoms with Crippen molar-refractivity contribution < 1.29 is 23.8 Å². The average molecular weight is 619 g/mol. The Labute approximate surface area is 260 Å². The van der Waals surface area contributed by atoms with Gasteiger partial charge in [0.1, 0.15) is 0 Å². The van der Waals surface area contributed by atoms with E-state index < -0.39 is 6.04 Å². The van der Waals surface area contributed by atoms with Crippen LogP contribution in [0.25, 0.3) is 22.0 Å². The number of H-pyrrole nitrogens is 1. The van der Waals surface area contributed by atoms with Crippen molar-refractivity contribution in [3.8, 4) is 28.4 Å². The number of fused-ring (bicyclic) bond motifs is 4. The van der Waals surface area contributed by atoms with Crippen LogP contribution in [0.1, 0.15) is 36.1 Å². The first-order valence-electron chi connectivity index (χ1n) is 14.3. The highest BCUT2D eigenvalue weighted by Crippen LogP contribution is 2.50. The lowest BCUT2D eigenvalue weighted by Crippen LogP contribution is -2.32. The Morgan fingerprint density at radius 1 is 1.02 bits per heavy atom. The number of methoxy groups -OCH3 is 3. The van der Waals surface area contributed by atoms with Crippen molar-refractivity contribution in [1.82, 2.24) is 15.6 Å². The molecular formula is C33H35ClN4O6. The molecule has 2 amide bonds. The number of nitrogens with one attached hydrogen (secondary N) is 4. The number of aromatic nitrogens is 1. The number of ether oxygens (including phenoxy) is 3. The summed E-state index contributed by atoms with van der Waals surface area (Å²) in [6.45, 7) is 1.77. The van der Waals surface area contributed by atoms with Gasteiger partial charge in [0, 0.05) is 41.2 Å². The standard InChI is InChI=1S/C33H35ClN4O6/c1-18(39)38-26-8-5-19-13-29(42-2)32(43-3)33(44-4)31(19)22-7-10-27(28(40)15-24(22)26)37-17-30(41)35-12-11-20-16-36-25-9-6-21(34)14-23(20)25/h6-7,9-10,13-16,26,36H,5,8,11-12,17H2,1-4H3,(H,35,41)(H,37,40)(H,38,39). The zero-order chi connectivity index (χ0) is 31.4. The number of carbonyl (C=O) groups is 2. The van der Waals surface area contributed by atoms with Gasteiger partial charge in [-0.2, -0.15) is 0 Å². The summed E-state index contributed by atoms with van der Waals surface area (Å²) in [5.74, 6) is 0.956. The molecular weight excluding hydrogens is 584 g/mol. The molecule has 0 aliphatic heterocycles. The second-order valence-electron chi connectivity index (χ2n) is 10.6. The van der Waals surface area contributed by atoms with Gasteiger partial charge in [-0.05, 0) is 77.9 Å².